The molecule has 172 valence electrons. The summed E-state index contributed by atoms with van der Waals surface area (Å²) in [5.74, 6) is 0.319. The smallest absolute Gasteiger partial charge is 0.261 e. The molecule has 0 aromatic heterocycles. The fraction of sp³-hybridized carbons (Fsp3) is 0.462. The molecule has 5 nitrogen and oxygen atoms in total. The average Bonchev–Trinajstić information content (AvgIpc) is 2.82. The number of nitrogens with zero attached hydrogens (tertiary/aromatic N) is 1. The van der Waals surface area contributed by atoms with Gasteiger partial charge in [0, 0.05) is 17.6 Å². The summed E-state index contributed by atoms with van der Waals surface area (Å²) in [6.45, 7) is 2.29. The van der Waals surface area contributed by atoms with E-state index >= 15 is 0 Å². The van der Waals surface area contributed by atoms with E-state index in [4.69, 9.17) is 16.3 Å². The normalized spacial score (nSPS) is 15.1. The average molecular weight is 457 g/mol. The van der Waals surface area contributed by atoms with Crippen molar-refractivity contribution in [2.24, 2.45) is 0 Å². The molecule has 2 aromatic carbocycles. The Morgan fingerprint density at radius 1 is 1.06 bits per heavy atom. The van der Waals surface area contributed by atoms with E-state index in [1.165, 1.54) is 6.42 Å². The van der Waals surface area contributed by atoms with Crippen LogP contribution in [0.3, 0.4) is 0 Å². The van der Waals surface area contributed by atoms with Crippen LogP contribution in [0.4, 0.5) is 0 Å². The van der Waals surface area contributed by atoms with Crippen LogP contribution in [0.15, 0.2) is 54.6 Å². The molecular weight excluding hydrogens is 424 g/mol. The standard InChI is InChI=1S/C26H33ClN2O3/c1-2-24(26(31)28-22-11-7-4-8-12-22)29(18-17-20-9-5-3-6-10-20)25(30)19-32-23-15-13-21(27)14-16-23/h3,5-6,9-10,13-16,22,24H,2,4,7-8,11-12,17-19H2,1H3,(H,28,31)/t24-/m0/s1. The van der Waals surface area contributed by atoms with E-state index in [2.05, 4.69) is 5.32 Å². The Morgan fingerprint density at radius 3 is 2.41 bits per heavy atom. The minimum absolute atomic E-state index is 0.0627. The van der Waals surface area contributed by atoms with Crippen molar-refractivity contribution in [2.45, 2.75) is 64.0 Å². The summed E-state index contributed by atoms with van der Waals surface area (Å²) in [5.41, 5.74) is 1.13. The van der Waals surface area contributed by atoms with Gasteiger partial charge < -0.3 is 15.0 Å². The molecule has 1 saturated carbocycles. The van der Waals surface area contributed by atoms with Crippen LogP contribution in [0.1, 0.15) is 51.0 Å². The van der Waals surface area contributed by atoms with E-state index in [0.717, 1.165) is 31.2 Å². The maximum atomic E-state index is 13.2. The summed E-state index contributed by atoms with van der Waals surface area (Å²) in [6.07, 6.45) is 6.79. The molecular formula is C26H33ClN2O3. The molecule has 1 aliphatic carbocycles. The van der Waals surface area contributed by atoms with Crippen LogP contribution < -0.4 is 10.1 Å². The monoisotopic (exact) mass is 456 g/mol. The molecule has 0 bridgehead atoms. The Bertz CT molecular complexity index is 851. The van der Waals surface area contributed by atoms with Gasteiger partial charge in [-0.1, -0.05) is 68.1 Å². The van der Waals surface area contributed by atoms with Crippen LogP contribution in [-0.4, -0.2) is 41.9 Å². The second-order valence-corrected chi connectivity index (χ2v) is 8.77. The van der Waals surface area contributed by atoms with Crippen molar-refractivity contribution in [3.63, 3.8) is 0 Å². The maximum absolute atomic E-state index is 13.2. The third-order valence-electron chi connectivity index (χ3n) is 6.00. The molecule has 2 amide bonds. The molecule has 0 unspecified atom stereocenters. The highest BCUT2D eigenvalue weighted by Crippen LogP contribution is 2.19. The SMILES string of the molecule is CC[C@@H](C(=O)NC1CCCCC1)N(CCc1ccccc1)C(=O)COc1ccc(Cl)cc1. The molecule has 0 heterocycles. The third kappa shape index (κ3) is 7.27. The van der Waals surface area contributed by atoms with Crippen molar-refractivity contribution >= 4 is 23.4 Å². The fourth-order valence-corrected chi connectivity index (χ4v) is 4.32. The number of rotatable bonds is 10. The minimum Gasteiger partial charge on any atom is -0.484 e. The Labute approximate surface area is 196 Å². The Balaban J connectivity index is 1.68. The first-order valence-corrected chi connectivity index (χ1v) is 12.0. The van der Waals surface area contributed by atoms with Crippen molar-refractivity contribution in [1.29, 1.82) is 0 Å². The zero-order valence-corrected chi connectivity index (χ0v) is 19.5. The van der Waals surface area contributed by atoms with Crippen LogP contribution in [0.2, 0.25) is 5.02 Å². The Kier molecular flexibility index (Phi) is 9.42. The minimum atomic E-state index is -0.512. The number of hydrogen-bond donors (Lipinski definition) is 1. The van der Waals surface area contributed by atoms with Crippen LogP contribution in [0.5, 0.6) is 5.75 Å². The van der Waals surface area contributed by atoms with Crippen LogP contribution >= 0.6 is 11.6 Å². The van der Waals surface area contributed by atoms with Crippen molar-refractivity contribution in [3.05, 3.63) is 65.2 Å². The highest BCUT2D eigenvalue weighted by Gasteiger charge is 2.30. The number of hydrogen-bond acceptors (Lipinski definition) is 3. The molecule has 0 spiro atoms. The summed E-state index contributed by atoms with van der Waals surface area (Å²) in [7, 11) is 0. The predicted octanol–water partition coefficient (Wildman–Crippen LogP) is 5.02. The van der Waals surface area contributed by atoms with Gasteiger partial charge in [-0.2, -0.15) is 0 Å². The predicted molar refractivity (Wildman–Crippen MR) is 128 cm³/mol. The molecule has 2 aromatic rings. The van der Waals surface area contributed by atoms with E-state index in [0.29, 0.717) is 30.2 Å². The number of benzene rings is 2. The summed E-state index contributed by atoms with van der Waals surface area (Å²) in [4.78, 5) is 28.0. The molecule has 32 heavy (non-hydrogen) atoms. The van der Waals surface area contributed by atoms with Gasteiger partial charge in [0.2, 0.25) is 5.91 Å². The van der Waals surface area contributed by atoms with Gasteiger partial charge in [-0.05, 0) is 55.5 Å². The zero-order valence-electron chi connectivity index (χ0n) is 18.8. The van der Waals surface area contributed by atoms with Crippen LogP contribution in [-0.2, 0) is 16.0 Å². The Morgan fingerprint density at radius 2 is 1.75 bits per heavy atom. The first-order chi connectivity index (χ1) is 15.6. The summed E-state index contributed by atoms with van der Waals surface area (Å²) in [5, 5.41) is 3.80. The number of amides is 2. The third-order valence-corrected chi connectivity index (χ3v) is 6.25. The van der Waals surface area contributed by atoms with E-state index < -0.39 is 6.04 Å². The first kappa shape index (κ1) is 24.1. The van der Waals surface area contributed by atoms with E-state index in [1.54, 1.807) is 29.2 Å². The quantitative estimate of drug-likeness (QED) is 0.546. The lowest BCUT2D eigenvalue weighted by atomic mass is 9.95. The van der Waals surface area contributed by atoms with Gasteiger partial charge in [-0.3, -0.25) is 9.59 Å². The highest BCUT2D eigenvalue weighted by atomic mass is 35.5. The van der Waals surface area contributed by atoms with Gasteiger partial charge in [0.1, 0.15) is 11.8 Å². The number of halogens is 1. The molecule has 0 saturated heterocycles. The number of carbonyl (C=O) groups is 2. The first-order valence-electron chi connectivity index (χ1n) is 11.6. The molecule has 6 heteroatoms. The van der Waals surface area contributed by atoms with Gasteiger partial charge in [0.25, 0.3) is 5.91 Å². The van der Waals surface area contributed by atoms with Crippen molar-refractivity contribution in [3.8, 4) is 5.75 Å². The lowest BCUT2D eigenvalue weighted by Crippen LogP contribution is -2.53. The number of ether oxygens (including phenoxy) is 1. The topological polar surface area (TPSA) is 58.6 Å². The van der Waals surface area contributed by atoms with Crippen molar-refractivity contribution in [1.82, 2.24) is 10.2 Å². The van der Waals surface area contributed by atoms with Crippen molar-refractivity contribution in [2.75, 3.05) is 13.2 Å². The molecule has 1 fully saturated rings. The molecule has 0 radical (unpaired) electrons. The number of carbonyl (C=O) groups excluding carboxylic acids is 2. The van der Waals surface area contributed by atoms with Gasteiger partial charge in [0.15, 0.2) is 6.61 Å². The van der Waals surface area contributed by atoms with E-state index in [1.807, 2.05) is 37.3 Å². The molecule has 3 rings (SSSR count). The summed E-state index contributed by atoms with van der Waals surface area (Å²) < 4.78 is 5.70. The van der Waals surface area contributed by atoms with E-state index in [9.17, 15) is 9.59 Å². The molecule has 1 aliphatic rings. The molecule has 1 atom stereocenters. The Hall–Kier alpha value is -2.53. The van der Waals surface area contributed by atoms with Crippen LogP contribution in [0, 0.1) is 0 Å². The van der Waals surface area contributed by atoms with Crippen molar-refractivity contribution < 1.29 is 14.3 Å². The van der Waals surface area contributed by atoms with Crippen LogP contribution in [0.25, 0.3) is 0 Å². The zero-order chi connectivity index (χ0) is 22.8. The second kappa shape index (κ2) is 12.5. The lowest BCUT2D eigenvalue weighted by Gasteiger charge is -2.32. The summed E-state index contributed by atoms with van der Waals surface area (Å²) in [6, 6.07) is 16.6. The maximum Gasteiger partial charge on any atom is 0.261 e. The van der Waals surface area contributed by atoms with Gasteiger partial charge in [0.05, 0.1) is 0 Å². The molecule has 1 N–H and O–H groups in total. The fourth-order valence-electron chi connectivity index (χ4n) is 4.20. The summed E-state index contributed by atoms with van der Waals surface area (Å²) >= 11 is 5.92. The van der Waals surface area contributed by atoms with Gasteiger partial charge >= 0.3 is 0 Å². The lowest BCUT2D eigenvalue weighted by molar-refractivity contribution is -0.142. The largest absolute Gasteiger partial charge is 0.484 e. The number of nitrogens with one attached hydrogen (secondary N) is 1. The second-order valence-electron chi connectivity index (χ2n) is 8.33. The van der Waals surface area contributed by atoms with Gasteiger partial charge in [-0.25, -0.2) is 0 Å². The highest BCUT2D eigenvalue weighted by molar-refractivity contribution is 6.30. The van der Waals surface area contributed by atoms with E-state index in [-0.39, 0.29) is 24.5 Å². The van der Waals surface area contributed by atoms with Gasteiger partial charge in [-0.15, -0.1) is 0 Å². The molecule has 0 aliphatic heterocycles.